The first-order chi connectivity index (χ1) is 28.6. The van der Waals surface area contributed by atoms with Crippen LogP contribution in [0.5, 0.6) is 0 Å². The molecule has 0 aliphatic carbocycles. The first kappa shape index (κ1) is 21.4. The van der Waals surface area contributed by atoms with E-state index in [1.807, 2.05) is 97.1 Å². The van der Waals surface area contributed by atoms with Crippen LogP contribution < -0.4 is 0 Å². The molecule has 1 heterocycles. The molecule has 0 aliphatic rings. The van der Waals surface area contributed by atoms with E-state index in [9.17, 15) is 5.48 Å². The van der Waals surface area contributed by atoms with Gasteiger partial charge in [-0.3, -0.25) is 0 Å². The Bertz CT molecular complexity index is 3580. The Morgan fingerprint density at radius 1 is 0.353 bits per heavy atom. The molecule has 0 saturated carbocycles. The first-order valence-corrected chi connectivity index (χ1v) is 16.9. The molecule has 0 bridgehead atoms. The fraction of sp³-hybridized carbons (Fsp3) is 0. The van der Waals surface area contributed by atoms with E-state index in [0.717, 1.165) is 48.8 Å². The molecule has 0 atom stereocenters. The van der Waals surface area contributed by atoms with E-state index < -0.39 is 24.2 Å². The maximum absolute atomic E-state index is 9.55. The topological polar surface area (TPSA) is 13.1 Å². The number of furan rings is 1. The van der Waals surface area contributed by atoms with E-state index in [4.69, 9.17) is 9.90 Å². The van der Waals surface area contributed by atoms with Gasteiger partial charge in [0.2, 0.25) is 0 Å². The average molecular weight is 655 g/mol. The number of hydrogen-bond acceptors (Lipinski definition) is 1. The third-order valence-electron chi connectivity index (χ3n) is 10.2. The predicted molar refractivity (Wildman–Crippen MR) is 218 cm³/mol. The van der Waals surface area contributed by atoms with Crippen molar-refractivity contribution < 1.29 is 15.4 Å². The molecule has 236 valence electrons. The third kappa shape index (κ3) is 4.22. The van der Waals surface area contributed by atoms with Gasteiger partial charge in [0.1, 0.15) is 11.2 Å². The fourth-order valence-electron chi connectivity index (χ4n) is 8.04. The highest BCUT2D eigenvalue weighted by Crippen LogP contribution is 2.48. The summed E-state index contributed by atoms with van der Waals surface area (Å²) in [4.78, 5) is 0. The third-order valence-corrected chi connectivity index (χ3v) is 10.2. The normalized spacial score (nSPS) is 14.1. The minimum Gasteiger partial charge on any atom is -0.456 e. The van der Waals surface area contributed by atoms with Crippen molar-refractivity contribution in [3.63, 3.8) is 0 Å². The highest BCUT2D eigenvalue weighted by molar-refractivity contribution is 6.26. The maximum Gasteiger partial charge on any atom is 0.136 e. The van der Waals surface area contributed by atoms with Crippen LogP contribution in [0, 0.1) is 0 Å². The Morgan fingerprint density at radius 3 is 1.69 bits per heavy atom. The molecule has 0 aliphatic heterocycles. The molecule has 1 heteroatoms. The van der Waals surface area contributed by atoms with Gasteiger partial charge in [0.25, 0.3) is 0 Å². The lowest BCUT2D eigenvalue weighted by molar-refractivity contribution is 0.669. The molecular formula is C50H30O. The molecular weight excluding hydrogens is 617 g/mol. The Labute approximate surface area is 305 Å². The van der Waals surface area contributed by atoms with Gasteiger partial charge in [-0.15, -0.1) is 0 Å². The summed E-state index contributed by atoms with van der Waals surface area (Å²) >= 11 is 0. The van der Waals surface area contributed by atoms with E-state index in [0.29, 0.717) is 33.2 Å². The summed E-state index contributed by atoms with van der Waals surface area (Å²) in [5, 5.41) is 8.37. The molecule has 11 aromatic rings. The average Bonchev–Trinajstić information content (AvgIpc) is 3.64. The Morgan fingerprint density at radius 2 is 0.941 bits per heavy atom. The molecule has 0 fully saturated rings. The first-order valence-electron chi connectivity index (χ1n) is 20.9. The SMILES string of the molecule is [2H]c1c([2H])c([2H])c2c(-c3cccc4oc5cc6ccccc6cc5c34)c3c([2H])c([2H])c([2H])c([2H])c3c(-c3cccc(-c4cc5ccccc5c5ccccc45)c3)c2c1[2H]. The maximum atomic E-state index is 9.55. The Kier molecular flexibility index (Phi) is 4.57. The molecule has 10 aromatic carbocycles. The van der Waals surface area contributed by atoms with Crippen LogP contribution in [0.3, 0.4) is 0 Å². The minimum atomic E-state index is -0.443. The van der Waals surface area contributed by atoms with Gasteiger partial charge in [0.15, 0.2) is 0 Å². The largest absolute Gasteiger partial charge is 0.456 e. The summed E-state index contributed by atoms with van der Waals surface area (Å²) in [6, 6.07) is 40.7. The van der Waals surface area contributed by atoms with Crippen LogP contribution in [0.2, 0.25) is 0 Å². The zero-order valence-electron chi connectivity index (χ0n) is 35.1. The standard InChI is InChI=1S/C50H30O/c1-2-14-32-30-47-45(28-31(32)13-1)50-43(25-12-26-46(50)51-47)49-41-23-9-7-21-39(41)48(40-22-8-10-24-42(40)49)35-17-11-16-33(27-35)44-29-34-15-3-4-18-36(34)37-19-5-6-20-38(37)44/h1-30H/i7D,8D,9D,10D,21D,22D,23D,24D. The zero-order valence-corrected chi connectivity index (χ0v) is 27.1. The number of benzene rings is 10. The molecule has 1 nitrogen and oxygen atoms in total. The summed E-state index contributed by atoms with van der Waals surface area (Å²) in [6.45, 7) is 0. The lowest BCUT2D eigenvalue weighted by Crippen LogP contribution is -1.92. The second kappa shape index (κ2) is 10.9. The van der Waals surface area contributed by atoms with Gasteiger partial charge in [-0.2, -0.15) is 0 Å². The van der Waals surface area contributed by atoms with E-state index in [1.54, 1.807) is 6.07 Å². The van der Waals surface area contributed by atoms with E-state index in [2.05, 4.69) is 30.3 Å². The van der Waals surface area contributed by atoms with Crippen molar-refractivity contribution in [3.05, 3.63) is 182 Å². The van der Waals surface area contributed by atoms with Crippen molar-refractivity contribution in [3.8, 4) is 33.4 Å². The molecule has 0 unspecified atom stereocenters. The van der Waals surface area contributed by atoms with E-state index in [1.165, 1.54) is 0 Å². The van der Waals surface area contributed by atoms with Crippen LogP contribution in [0.15, 0.2) is 186 Å². The number of rotatable bonds is 3. The summed E-state index contributed by atoms with van der Waals surface area (Å²) in [5.74, 6) is 0. The smallest absolute Gasteiger partial charge is 0.136 e. The molecule has 11 rings (SSSR count). The molecule has 0 spiro atoms. The van der Waals surface area contributed by atoms with Crippen LogP contribution in [0.1, 0.15) is 11.0 Å². The highest BCUT2D eigenvalue weighted by Gasteiger charge is 2.21. The van der Waals surface area contributed by atoms with Crippen LogP contribution in [-0.2, 0) is 0 Å². The van der Waals surface area contributed by atoms with Gasteiger partial charge in [0.05, 0.1) is 11.0 Å². The van der Waals surface area contributed by atoms with Crippen LogP contribution in [-0.4, -0.2) is 0 Å². The Hall–Kier alpha value is -6.70. The quantitative estimate of drug-likeness (QED) is 0.136. The van der Waals surface area contributed by atoms with Gasteiger partial charge in [-0.05, 0) is 118 Å². The fourth-order valence-corrected chi connectivity index (χ4v) is 8.04. The lowest BCUT2D eigenvalue weighted by Gasteiger charge is -2.19. The monoisotopic (exact) mass is 654 g/mol. The molecule has 0 amide bonds. The van der Waals surface area contributed by atoms with Crippen molar-refractivity contribution in [1.82, 2.24) is 0 Å². The van der Waals surface area contributed by atoms with Crippen LogP contribution in [0.4, 0.5) is 0 Å². The van der Waals surface area contributed by atoms with Crippen molar-refractivity contribution in [2.24, 2.45) is 0 Å². The Balaban J connectivity index is 1.33. The molecule has 51 heavy (non-hydrogen) atoms. The van der Waals surface area contributed by atoms with Gasteiger partial charge >= 0.3 is 0 Å². The van der Waals surface area contributed by atoms with Gasteiger partial charge < -0.3 is 4.42 Å². The number of hydrogen-bond donors (Lipinski definition) is 0. The van der Waals surface area contributed by atoms with Crippen LogP contribution in [0.25, 0.3) is 109 Å². The highest BCUT2D eigenvalue weighted by atomic mass is 16.3. The second-order valence-corrected chi connectivity index (χ2v) is 13.0. The van der Waals surface area contributed by atoms with Crippen molar-refractivity contribution in [2.75, 3.05) is 0 Å². The van der Waals surface area contributed by atoms with Crippen molar-refractivity contribution >= 4 is 75.8 Å². The van der Waals surface area contributed by atoms with Gasteiger partial charge in [-0.25, -0.2) is 0 Å². The minimum absolute atomic E-state index is 0.160. The van der Waals surface area contributed by atoms with Gasteiger partial charge in [0, 0.05) is 10.8 Å². The lowest BCUT2D eigenvalue weighted by atomic mass is 9.84. The van der Waals surface area contributed by atoms with Crippen LogP contribution >= 0.6 is 0 Å². The van der Waals surface area contributed by atoms with Crippen molar-refractivity contribution in [2.45, 2.75) is 0 Å². The number of fused-ring (bicyclic) bond motifs is 9. The predicted octanol–water partition coefficient (Wildman–Crippen LogP) is 14.4. The molecule has 0 saturated heterocycles. The second-order valence-electron chi connectivity index (χ2n) is 13.0. The summed E-state index contributed by atoms with van der Waals surface area (Å²) in [5.41, 5.74) is 4.64. The summed E-state index contributed by atoms with van der Waals surface area (Å²) in [6.07, 6.45) is 0. The summed E-state index contributed by atoms with van der Waals surface area (Å²) in [7, 11) is 0. The van der Waals surface area contributed by atoms with E-state index in [-0.39, 0.29) is 51.3 Å². The van der Waals surface area contributed by atoms with E-state index >= 15 is 0 Å². The molecule has 1 aromatic heterocycles. The molecule has 0 N–H and O–H groups in total. The van der Waals surface area contributed by atoms with Gasteiger partial charge in [-0.1, -0.05) is 151 Å². The zero-order chi connectivity index (χ0) is 40.4. The molecule has 0 radical (unpaired) electrons. The van der Waals surface area contributed by atoms with Crippen molar-refractivity contribution in [1.29, 1.82) is 0 Å². The summed E-state index contributed by atoms with van der Waals surface area (Å²) < 4.78 is 80.5.